The van der Waals surface area contributed by atoms with Crippen LogP contribution in [0, 0.1) is 0 Å². The first-order chi connectivity index (χ1) is 12.5. The lowest BCUT2D eigenvalue weighted by molar-refractivity contribution is 0.0772. The highest BCUT2D eigenvalue weighted by molar-refractivity contribution is 6.05. The van der Waals surface area contributed by atoms with Crippen LogP contribution in [0.15, 0.2) is 42.5 Å². The predicted molar refractivity (Wildman–Crippen MR) is 101 cm³/mol. The molecule has 6 heteroatoms. The van der Waals surface area contributed by atoms with Gasteiger partial charge in [0.15, 0.2) is 0 Å². The third kappa shape index (κ3) is 4.53. The molecule has 0 aromatic heterocycles. The molecule has 2 aromatic rings. The van der Waals surface area contributed by atoms with E-state index in [1.54, 1.807) is 47.4 Å². The highest BCUT2D eigenvalue weighted by Gasteiger charge is 2.14. The molecule has 0 spiro atoms. The third-order valence-electron chi connectivity index (χ3n) is 4.03. The molecular weight excluding hydrogens is 332 g/mol. The Kier molecular flexibility index (Phi) is 6.60. The maximum absolute atomic E-state index is 12.6. The molecule has 0 aliphatic carbocycles. The maximum Gasteiger partial charge on any atom is 0.255 e. The van der Waals surface area contributed by atoms with Crippen molar-refractivity contribution < 1.29 is 19.1 Å². The molecule has 0 atom stereocenters. The van der Waals surface area contributed by atoms with Gasteiger partial charge in [-0.05, 0) is 44.2 Å². The Morgan fingerprint density at radius 3 is 2.08 bits per heavy atom. The van der Waals surface area contributed by atoms with E-state index in [4.69, 9.17) is 9.47 Å². The van der Waals surface area contributed by atoms with Gasteiger partial charge in [-0.2, -0.15) is 0 Å². The first-order valence-corrected chi connectivity index (χ1v) is 8.46. The molecule has 0 aliphatic heterocycles. The summed E-state index contributed by atoms with van der Waals surface area (Å²) in [4.78, 5) is 26.8. The van der Waals surface area contributed by atoms with E-state index in [0.29, 0.717) is 41.4 Å². The summed E-state index contributed by atoms with van der Waals surface area (Å²) in [7, 11) is 3.05. The van der Waals surface area contributed by atoms with E-state index in [0.717, 1.165) is 0 Å². The van der Waals surface area contributed by atoms with Gasteiger partial charge >= 0.3 is 0 Å². The van der Waals surface area contributed by atoms with Crippen LogP contribution in [-0.4, -0.2) is 44.0 Å². The Morgan fingerprint density at radius 1 is 0.923 bits per heavy atom. The molecule has 1 N–H and O–H groups in total. The monoisotopic (exact) mass is 356 g/mol. The van der Waals surface area contributed by atoms with E-state index >= 15 is 0 Å². The quantitative estimate of drug-likeness (QED) is 0.825. The molecule has 0 saturated heterocycles. The molecule has 0 radical (unpaired) electrons. The van der Waals surface area contributed by atoms with E-state index in [1.165, 1.54) is 14.2 Å². The number of ether oxygens (including phenoxy) is 2. The van der Waals surface area contributed by atoms with Crippen LogP contribution in [0.5, 0.6) is 11.5 Å². The minimum absolute atomic E-state index is 0.0610. The Balaban J connectivity index is 2.22. The zero-order valence-corrected chi connectivity index (χ0v) is 15.5. The fourth-order valence-electron chi connectivity index (χ4n) is 2.57. The molecule has 26 heavy (non-hydrogen) atoms. The van der Waals surface area contributed by atoms with Crippen LogP contribution in [0.25, 0.3) is 0 Å². The molecule has 6 nitrogen and oxygen atoms in total. The Hall–Kier alpha value is -3.02. The van der Waals surface area contributed by atoms with Crippen LogP contribution in [0.2, 0.25) is 0 Å². The number of hydrogen-bond donors (Lipinski definition) is 1. The number of benzene rings is 2. The summed E-state index contributed by atoms with van der Waals surface area (Å²) in [6.07, 6.45) is 0. The zero-order chi connectivity index (χ0) is 19.1. The van der Waals surface area contributed by atoms with Crippen molar-refractivity contribution >= 4 is 17.5 Å². The smallest absolute Gasteiger partial charge is 0.255 e. The minimum Gasteiger partial charge on any atom is -0.497 e. The zero-order valence-electron chi connectivity index (χ0n) is 15.5. The van der Waals surface area contributed by atoms with E-state index in [1.807, 2.05) is 13.8 Å². The van der Waals surface area contributed by atoms with Crippen LogP contribution in [0.4, 0.5) is 5.69 Å². The first kappa shape index (κ1) is 19.3. The van der Waals surface area contributed by atoms with Gasteiger partial charge in [-0.25, -0.2) is 0 Å². The largest absolute Gasteiger partial charge is 0.497 e. The van der Waals surface area contributed by atoms with Crippen LogP contribution in [-0.2, 0) is 0 Å². The normalized spacial score (nSPS) is 10.2. The second kappa shape index (κ2) is 8.89. The number of amides is 2. The summed E-state index contributed by atoms with van der Waals surface area (Å²) in [6, 6.07) is 11.9. The van der Waals surface area contributed by atoms with Gasteiger partial charge in [0.25, 0.3) is 11.8 Å². The fourth-order valence-corrected chi connectivity index (χ4v) is 2.57. The van der Waals surface area contributed by atoms with Gasteiger partial charge in [-0.15, -0.1) is 0 Å². The number of anilines is 1. The van der Waals surface area contributed by atoms with Crippen LogP contribution >= 0.6 is 0 Å². The van der Waals surface area contributed by atoms with Crippen LogP contribution in [0.3, 0.4) is 0 Å². The van der Waals surface area contributed by atoms with Crippen LogP contribution in [0.1, 0.15) is 34.6 Å². The summed E-state index contributed by atoms with van der Waals surface area (Å²) in [5.41, 5.74) is 1.49. The molecule has 0 aliphatic rings. The van der Waals surface area contributed by atoms with Gasteiger partial charge in [-0.3, -0.25) is 9.59 Å². The van der Waals surface area contributed by atoms with Gasteiger partial charge in [0.1, 0.15) is 11.5 Å². The van der Waals surface area contributed by atoms with E-state index in [-0.39, 0.29) is 11.8 Å². The van der Waals surface area contributed by atoms with Crippen molar-refractivity contribution in [2.75, 3.05) is 32.6 Å². The van der Waals surface area contributed by atoms with Crippen molar-refractivity contribution in [2.24, 2.45) is 0 Å². The molecule has 2 aromatic carbocycles. The lowest BCUT2D eigenvalue weighted by Gasteiger charge is -2.19. The van der Waals surface area contributed by atoms with Gasteiger partial charge in [-0.1, -0.05) is 6.07 Å². The average Bonchev–Trinajstić information content (AvgIpc) is 2.68. The number of carbonyl (C=O) groups excluding carboxylic acids is 2. The Labute approximate surface area is 153 Å². The van der Waals surface area contributed by atoms with Crippen molar-refractivity contribution in [2.45, 2.75) is 13.8 Å². The SMILES string of the molecule is CCN(CC)C(=O)c1cccc(NC(=O)c2cc(OC)cc(OC)c2)c1. The van der Waals surface area contributed by atoms with Crippen LogP contribution < -0.4 is 14.8 Å². The number of carbonyl (C=O) groups is 2. The van der Waals surface area contributed by atoms with Gasteiger partial charge in [0.05, 0.1) is 14.2 Å². The van der Waals surface area contributed by atoms with Crippen molar-refractivity contribution in [3.8, 4) is 11.5 Å². The summed E-state index contributed by atoms with van der Waals surface area (Å²) < 4.78 is 10.4. The van der Waals surface area contributed by atoms with E-state index < -0.39 is 0 Å². The predicted octanol–water partition coefficient (Wildman–Crippen LogP) is 3.44. The topological polar surface area (TPSA) is 67.9 Å². The molecule has 0 fully saturated rings. The van der Waals surface area contributed by atoms with E-state index in [9.17, 15) is 9.59 Å². The lowest BCUT2D eigenvalue weighted by atomic mass is 10.1. The number of rotatable bonds is 7. The standard InChI is InChI=1S/C20H24N2O4/c1-5-22(6-2)20(24)14-8-7-9-16(10-14)21-19(23)15-11-17(25-3)13-18(12-15)26-4/h7-13H,5-6H2,1-4H3,(H,21,23). The van der Waals surface area contributed by atoms with Gasteiger partial charge in [0, 0.05) is 36.0 Å². The maximum atomic E-state index is 12.6. The minimum atomic E-state index is -0.311. The lowest BCUT2D eigenvalue weighted by Crippen LogP contribution is -2.30. The van der Waals surface area contributed by atoms with Crippen molar-refractivity contribution in [3.63, 3.8) is 0 Å². The summed E-state index contributed by atoms with van der Waals surface area (Å²) in [5.74, 6) is 0.684. The highest BCUT2D eigenvalue weighted by atomic mass is 16.5. The van der Waals surface area contributed by atoms with Crippen molar-refractivity contribution in [1.29, 1.82) is 0 Å². The first-order valence-electron chi connectivity index (χ1n) is 8.46. The Bertz CT molecular complexity index is 763. The van der Waals surface area contributed by atoms with Gasteiger partial charge < -0.3 is 19.7 Å². The Morgan fingerprint density at radius 2 is 1.54 bits per heavy atom. The second-order valence-corrected chi connectivity index (χ2v) is 5.61. The number of nitrogens with one attached hydrogen (secondary N) is 1. The second-order valence-electron chi connectivity index (χ2n) is 5.61. The average molecular weight is 356 g/mol. The highest BCUT2D eigenvalue weighted by Crippen LogP contribution is 2.23. The molecule has 138 valence electrons. The number of methoxy groups -OCH3 is 2. The molecule has 0 bridgehead atoms. The summed E-state index contributed by atoms with van der Waals surface area (Å²) in [6.45, 7) is 5.14. The van der Waals surface area contributed by atoms with Crippen molar-refractivity contribution in [1.82, 2.24) is 4.90 Å². The molecule has 2 amide bonds. The molecule has 0 saturated carbocycles. The molecule has 0 unspecified atom stereocenters. The van der Waals surface area contributed by atoms with E-state index in [2.05, 4.69) is 5.32 Å². The summed E-state index contributed by atoms with van der Waals surface area (Å²) >= 11 is 0. The fraction of sp³-hybridized carbons (Fsp3) is 0.300. The summed E-state index contributed by atoms with van der Waals surface area (Å²) in [5, 5.41) is 2.81. The van der Waals surface area contributed by atoms with Gasteiger partial charge in [0.2, 0.25) is 0 Å². The molecular formula is C20H24N2O4. The molecule has 0 heterocycles. The van der Waals surface area contributed by atoms with Crippen molar-refractivity contribution in [3.05, 3.63) is 53.6 Å². The third-order valence-corrected chi connectivity index (χ3v) is 4.03. The number of nitrogens with zero attached hydrogens (tertiary/aromatic N) is 1. The molecule has 2 rings (SSSR count). The number of hydrogen-bond acceptors (Lipinski definition) is 4.